The minimum absolute atomic E-state index is 0.652. The molecule has 10 heteroatoms. The first-order chi connectivity index (χ1) is 47.6. The third-order valence-corrected chi connectivity index (χ3v) is 22.7. The van der Waals surface area contributed by atoms with Crippen molar-refractivity contribution in [3.63, 3.8) is 0 Å². The standard InChI is InChI=1S/C46H28N4S.C40H23N3S2/c1-2-11-31(12-3-1)49-39-18-7-4-13-33(39)35-25-26-41-43(44(35)49)37-15-5-8-19-40(37)50(41)46-47-28-27-38(48-46)30-23-21-29(22-24-30)32-16-10-17-36-34-14-6-9-20-42(34)51-45(32)36;1-4-16-33-31(13-1)37-34(20-19-29-27-12-3-6-18-36(27)45-39(29)37)43(33)25-10-7-9-24(23-25)40-41-22-21-32(42-40)30-15-8-14-28-26-11-2-5-17-35(26)44-38(28)30/h1-28H;1-23H. The van der Waals surface area contributed by atoms with Crippen LogP contribution in [0.3, 0.4) is 0 Å². The summed E-state index contributed by atoms with van der Waals surface area (Å²) in [6.07, 6.45) is 3.76. The Morgan fingerprint density at radius 2 is 0.750 bits per heavy atom. The second-order valence-corrected chi connectivity index (χ2v) is 27.5. The van der Waals surface area contributed by atoms with Crippen molar-refractivity contribution in [1.82, 2.24) is 33.6 Å². The molecule has 8 heterocycles. The highest BCUT2D eigenvalue weighted by molar-refractivity contribution is 7.27. The number of rotatable bonds is 7. The number of nitrogens with zero attached hydrogens (tertiary/aromatic N) is 7. The van der Waals surface area contributed by atoms with Crippen LogP contribution in [0.1, 0.15) is 0 Å². The summed E-state index contributed by atoms with van der Waals surface area (Å²) in [5.41, 5.74) is 16.6. The van der Waals surface area contributed by atoms with E-state index in [2.05, 4.69) is 299 Å². The predicted molar refractivity (Wildman–Crippen MR) is 407 cm³/mol. The molecule has 0 amide bonds. The minimum Gasteiger partial charge on any atom is -0.309 e. The van der Waals surface area contributed by atoms with Crippen molar-refractivity contribution in [3.8, 4) is 62.4 Å². The van der Waals surface area contributed by atoms with Crippen molar-refractivity contribution in [2.24, 2.45) is 0 Å². The Labute approximate surface area is 561 Å². The molecule has 13 aromatic carbocycles. The lowest BCUT2D eigenvalue weighted by Crippen LogP contribution is -2.01. The lowest BCUT2D eigenvalue weighted by molar-refractivity contribution is 0.992. The van der Waals surface area contributed by atoms with E-state index in [1.54, 1.807) is 0 Å². The number of hydrogen-bond donors (Lipinski definition) is 0. The molecule has 448 valence electrons. The van der Waals surface area contributed by atoms with Crippen LogP contribution in [0.25, 0.3) is 188 Å². The maximum absolute atomic E-state index is 5.22. The summed E-state index contributed by atoms with van der Waals surface area (Å²) in [7, 11) is 0. The second kappa shape index (κ2) is 21.8. The molecule has 0 saturated heterocycles. The third kappa shape index (κ3) is 8.49. The van der Waals surface area contributed by atoms with Crippen LogP contribution in [0.5, 0.6) is 0 Å². The fourth-order valence-corrected chi connectivity index (χ4v) is 18.6. The van der Waals surface area contributed by atoms with Crippen LogP contribution in [0, 0.1) is 0 Å². The van der Waals surface area contributed by atoms with Crippen molar-refractivity contribution in [1.29, 1.82) is 0 Å². The number of para-hydroxylation sites is 4. The van der Waals surface area contributed by atoms with Crippen molar-refractivity contribution >= 4 is 160 Å². The summed E-state index contributed by atoms with van der Waals surface area (Å²) in [5, 5.41) is 15.2. The highest BCUT2D eigenvalue weighted by Gasteiger charge is 2.24. The van der Waals surface area contributed by atoms with Crippen LogP contribution in [-0.2, 0) is 0 Å². The molecule has 0 saturated carbocycles. The van der Waals surface area contributed by atoms with Gasteiger partial charge >= 0.3 is 0 Å². The van der Waals surface area contributed by atoms with Crippen LogP contribution < -0.4 is 0 Å². The zero-order valence-electron chi connectivity index (χ0n) is 51.3. The molecule has 0 atom stereocenters. The summed E-state index contributed by atoms with van der Waals surface area (Å²) in [5.74, 6) is 1.37. The van der Waals surface area contributed by atoms with E-state index in [-0.39, 0.29) is 0 Å². The van der Waals surface area contributed by atoms with Gasteiger partial charge in [-0.2, -0.15) is 0 Å². The summed E-state index contributed by atoms with van der Waals surface area (Å²) < 4.78 is 14.9. The molecule has 0 unspecified atom stereocenters. The Balaban J connectivity index is 0.000000132. The van der Waals surface area contributed by atoms with Gasteiger partial charge < -0.3 is 9.13 Å². The van der Waals surface area contributed by atoms with Crippen molar-refractivity contribution in [3.05, 3.63) is 310 Å². The SMILES string of the molecule is c1cc(-c2nccc(-c3cccc4c3sc3ccccc34)n2)cc(-n2c3ccccc3c3c4sc5ccccc5c4ccc32)c1.c1ccc(-n2c3ccccc3c3ccc4c(c5ccccc5n4-c4nccc(-c5ccc(-c6cccc7c6sc6ccccc67)cc5)n4)c32)cc1. The second-order valence-electron chi connectivity index (χ2n) is 24.4. The Bertz CT molecular complexity index is 6720. The molecule has 21 aromatic rings. The van der Waals surface area contributed by atoms with E-state index in [1.807, 2.05) is 58.5 Å². The molecule has 0 spiro atoms. The van der Waals surface area contributed by atoms with E-state index in [4.69, 9.17) is 19.9 Å². The van der Waals surface area contributed by atoms with Gasteiger partial charge in [0.15, 0.2) is 5.82 Å². The lowest BCUT2D eigenvalue weighted by atomic mass is 10.0. The molecule has 8 aromatic heterocycles. The zero-order valence-corrected chi connectivity index (χ0v) is 53.7. The van der Waals surface area contributed by atoms with Gasteiger partial charge in [0.05, 0.1) is 44.5 Å². The summed E-state index contributed by atoms with van der Waals surface area (Å²) >= 11 is 5.57. The van der Waals surface area contributed by atoms with Gasteiger partial charge in [0.2, 0.25) is 5.95 Å². The molecular formula is C86H51N7S3. The topological polar surface area (TPSA) is 66.3 Å². The first-order valence-electron chi connectivity index (χ1n) is 32.2. The molecule has 0 N–H and O–H groups in total. The maximum Gasteiger partial charge on any atom is 0.235 e. The van der Waals surface area contributed by atoms with E-state index in [1.165, 1.54) is 126 Å². The van der Waals surface area contributed by atoms with Crippen LogP contribution in [0.2, 0.25) is 0 Å². The monoisotopic (exact) mass is 1280 g/mol. The van der Waals surface area contributed by atoms with Crippen molar-refractivity contribution < 1.29 is 0 Å². The Morgan fingerprint density at radius 1 is 0.260 bits per heavy atom. The zero-order chi connectivity index (χ0) is 63.0. The highest BCUT2D eigenvalue weighted by Crippen LogP contribution is 2.47. The molecule has 96 heavy (non-hydrogen) atoms. The van der Waals surface area contributed by atoms with Gasteiger partial charge in [-0.05, 0) is 96.1 Å². The number of aromatic nitrogens is 7. The largest absolute Gasteiger partial charge is 0.309 e. The Hall–Kier alpha value is -11.9. The molecule has 0 fully saturated rings. The van der Waals surface area contributed by atoms with Crippen LogP contribution in [0.15, 0.2) is 310 Å². The molecule has 21 rings (SSSR count). The summed E-state index contributed by atoms with van der Waals surface area (Å²) in [4.78, 5) is 20.0. The maximum atomic E-state index is 5.22. The normalized spacial score (nSPS) is 12.0. The van der Waals surface area contributed by atoms with Gasteiger partial charge in [0.1, 0.15) is 0 Å². The van der Waals surface area contributed by atoms with Gasteiger partial charge in [-0.25, -0.2) is 19.9 Å². The van der Waals surface area contributed by atoms with Gasteiger partial charge in [-0.15, -0.1) is 34.0 Å². The molecular weight excluding hydrogens is 1230 g/mol. The average Bonchev–Trinajstić information content (AvgIpc) is 1.56. The van der Waals surface area contributed by atoms with Gasteiger partial charge in [-0.3, -0.25) is 4.57 Å². The van der Waals surface area contributed by atoms with Crippen molar-refractivity contribution in [2.45, 2.75) is 0 Å². The number of hydrogen-bond acceptors (Lipinski definition) is 7. The molecule has 0 aliphatic heterocycles. The fourth-order valence-electron chi connectivity index (χ4n) is 14.9. The van der Waals surface area contributed by atoms with Crippen LogP contribution in [0.4, 0.5) is 0 Å². The molecule has 0 radical (unpaired) electrons. The van der Waals surface area contributed by atoms with Crippen molar-refractivity contribution in [2.75, 3.05) is 0 Å². The number of benzene rings is 13. The fraction of sp³-hybridized carbons (Fsp3) is 0. The number of thiophene rings is 3. The lowest BCUT2D eigenvalue weighted by Gasteiger charge is -2.10. The van der Waals surface area contributed by atoms with Crippen LogP contribution >= 0.6 is 34.0 Å². The first kappa shape index (κ1) is 54.6. The van der Waals surface area contributed by atoms with Gasteiger partial charge in [0, 0.05) is 133 Å². The van der Waals surface area contributed by atoms with E-state index < -0.39 is 0 Å². The average molecular weight is 1280 g/mol. The van der Waals surface area contributed by atoms with E-state index >= 15 is 0 Å². The summed E-state index contributed by atoms with van der Waals surface area (Å²) in [6, 6.07) is 106. The van der Waals surface area contributed by atoms with E-state index in [0.29, 0.717) is 5.95 Å². The summed E-state index contributed by atoms with van der Waals surface area (Å²) in [6.45, 7) is 0. The minimum atomic E-state index is 0.652. The predicted octanol–water partition coefficient (Wildman–Crippen LogP) is 24.0. The molecule has 0 aliphatic rings. The van der Waals surface area contributed by atoms with Gasteiger partial charge in [-0.1, -0.05) is 212 Å². The van der Waals surface area contributed by atoms with E-state index in [9.17, 15) is 0 Å². The third-order valence-electron chi connectivity index (χ3n) is 19.1. The molecule has 0 aliphatic carbocycles. The molecule has 0 bridgehead atoms. The molecule has 7 nitrogen and oxygen atoms in total. The Morgan fingerprint density at radius 3 is 1.45 bits per heavy atom. The van der Waals surface area contributed by atoms with Crippen LogP contribution in [-0.4, -0.2) is 33.6 Å². The van der Waals surface area contributed by atoms with Gasteiger partial charge in [0.25, 0.3) is 0 Å². The Kier molecular flexibility index (Phi) is 12.4. The van der Waals surface area contributed by atoms with E-state index in [0.717, 1.165) is 56.3 Å². The highest BCUT2D eigenvalue weighted by atomic mass is 32.1. The first-order valence-corrected chi connectivity index (χ1v) is 34.6. The smallest absolute Gasteiger partial charge is 0.235 e. The quantitative estimate of drug-likeness (QED) is 0.159. The number of fused-ring (bicyclic) bond motifs is 20.